The summed E-state index contributed by atoms with van der Waals surface area (Å²) in [7, 11) is 0. The van der Waals surface area contributed by atoms with Crippen LogP contribution >= 0.6 is 11.6 Å². The molecule has 4 nitrogen and oxygen atoms in total. The molecule has 0 aromatic heterocycles. The highest BCUT2D eigenvalue weighted by molar-refractivity contribution is 6.31. The van der Waals surface area contributed by atoms with E-state index in [9.17, 15) is 14.7 Å². The zero-order valence-electron chi connectivity index (χ0n) is 14.7. The van der Waals surface area contributed by atoms with E-state index in [4.69, 9.17) is 16.3 Å². The van der Waals surface area contributed by atoms with Crippen LogP contribution in [-0.2, 0) is 9.59 Å². The molecule has 4 rings (SSSR count). The molecule has 0 radical (unpaired) electrons. The molecule has 1 N–H and O–H groups in total. The molecule has 1 aliphatic carbocycles. The summed E-state index contributed by atoms with van der Waals surface area (Å²) in [6, 6.07) is 15.2. The Bertz CT molecular complexity index is 1040. The quantitative estimate of drug-likeness (QED) is 0.372. The van der Waals surface area contributed by atoms with Crippen molar-refractivity contribution in [2.24, 2.45) is 11.8 Å². The number of fused-ring (bicyclic) bond motifs is 2. The first-order valence-electron chi connectivity index (χ1n) is 9.10. The third-order valence-corrected chi connectivity index (χ3v) is 5.60. The second kappa shape index (κ2) is 7.20. The van der Waals surface area contributed by atoms with Crippen molar-refractivity contribution in [3.63, 3.8) is 0 Å². The van der Waals surface area contributed by atoms with E-state index < -0.39 is 23.8 Å². The highest BCUT2D eigenvalue weighted by Gasteiger charge is 2.37. The fourth-order valence-corrected chi connectivity index (χ4v) is 4.16. The number of rotatable bonds is 3. The summed E-state index contributed by atoms with van der Waals surface area (Å²) in [4.78, 5) is 24.5. The topological polar surface area (TPSA) is 63.6 Å². The summed E-state index contributed by atoms with van der Waals surface area (Å²) in [5.41, 5.74) is 0. The minimum atomic E-state index is -0.928. The van der Waals surface area contributed by atoms with Crippen LogP contribution in [0.1, 0.15) is 25.7 Å². The lowest BCUT2D eigenvalue weighted by molar-refractivity contribution is -0.153. The fraction of sp³-hybridized carbons (Fsp3) is 0.273. The Labute approximate surface area is 161 Å². The van der Waals surface area contributed by atoms with Crippen molar-refractivity contribution in [3.8, 4) is 5.75 Å². The second-order valence-corrected chi connectivity index (χ2v) is 7.49. The number of carbonyl (C=O) groups excluding carboxylic acids is 1. The van der Waals surface area contributed by atoms with Gasteiger partial charge in [-0.25, -0.2) is 0 Å². The van der Waals surface area contributed by atoms with Crippen LogP contribution in [0.25, 0.3) is 21.5 Å². The molecule has 0 heterocycles. The van der Waals surface area contributed by atoms with Crippen molar-refractivity contribution >= 4 is 45.1 Å². The Morgan fingerprint density at radius 1 is 0.926 bits per heavy atom. The van der Waals surface area contributed by atoms with Crippen molar-refractivity contribution in [1.29, 1.82) is 0 Å². The summed E-state index contributed by atoms with van der Waals surface area (Å²) < 4.78 is 5.85. The van der Waals surface area contributed by atoms with E-state index in [1.165, 1.54) is 0 Å². The van der Waals surface area contributed by atoms with Crippen molar-refractivity contribution in [2.45, 2.75) is 25.7 Å². The maximum Gasteiger partial charge on any atom is 0.315 e. The number of carbonyl (C=O) groups is 2. The molecule has 1 saturated carbocycles. The van der Waals surface area contributed by atoms with Gasteiger partial charge in [0.15, 0.2) is 0 Å². The predicted molar refractivity (Wildman–Crippen MR) is 105 cm³/mol. The van der Waals surface area contributed by atoms with Gasteiger partial charge in [-0.3, -0.25) is 9.59 Å². The predicted octanol–water partition coefficient (Wildman–Crippen LogP) is 5.44. The molecule has 138 valence electrons. The molecule has 0 aliphatic heterocycles. The molecule has 27 heavy (non-hydrogen) atoms. The summed E-state index contributed by atoms with van der Waals surface area (Å²) in [5, 5.41) is 13.5. The smallest absolute Gasteiger partial charge is 0.315 e. The summed E-state index contributed by atoms with van der Waals surface area (Å²) in [6.45, 7) is 0. The first-order chi connectivity index (χ1) is 13.0. The van der Waals surface area contributed by atoms with Crippen LogP contribution in [0.4, 0.5) is 0 Å². The Hall–Kier alpha value is -2.59. The van der Waals surface area contributed by atoms with Crippen molar-refractivity contribution < 1.29 is 19.4 Å². The molecule has 1 fully saturated rings. The van der Waals surface area contributed by atoms with E-state index in [1.807, 2.05) is 36.4 Å². The van der Waals surface area contributed by atoms with Crippen LogP contribution < -0.4 is 4.74 Å². The Kier molecular flexibility index (Phi) is 4.75. The zero-order valence-corrected chi connectivity index (χ0v) is 15.4. The number of carboxylic acid groups (broad SMARTS) is 1. The van der Waals surface area contributed by atoms with E-state index in [1.54, 1.807) is 12.1 Å². The SMILES string of the molecule is O=C(O)C1CCCCC1C(=O)Oc1c2ccccc2cc2ccc(Cl)cc12. The van der Waals surface area contributed by atoms with Crippen LogP contribution in [0, 0.1) is 11.8 Å². The van der Waals surface area contributed by atoms with Gasteiger partial charge in [0.1, 0.15) is 5.75 Å². The van der Waals surface area contributed by atoms with Crippen LogP contribution in [-0.4, -0.2) is 17.0 Å². The number of halogens is 1. The number of esters is 1. The molecule has 0 amide bonds. The second-order valence-electron chi connectivity index (χ2n) is 7.05. The van der Waals surface area contributed by atoms with Gasteiger partial charge in [-0.15, -0.1) is 0 Å². The van der Waals surface area contributed by atoms with Crippen molar-refractivity contribution in [1.82, 2.24) is 0 Å². The highest BCUT2D eigenvalue weighted by atomic mass is 35.5. The normalized spacial score (nSPS) is 19.9. The first kappa shape index (κ1) is 17.8. The number of hydrogen-bond acceptors (Lipinski definition) is 3. The number of hydrogen-bond donors (Lipinski definition) is 1. The Morgan fingerprint density at radius 3 is 2.41 bits per heavy atom. The van der Waals surface area contributed by atoms with Gasteiger partial charge in [0.2, 0.25) is 0 Å². The molecule has 0 spiro atoms. The summed E-state index contributed by atoms with van der Waals surface area (Å²) >= 11 is 6.17. The Morgan fingerprint density at radius 2 is 1.63 bits per heavy atom. The maximum absolute atomic E-state index is 12.9. The van der Waals surface area contributed by atoms with E-state index in [2.05, 4.69) is 0 Å². The van der Waals surface area contributed by atoms with Gasteiger partial charge in [-0.2, -0.15) is 0 Å². The third kappa shape index (κ3) is 3.37. The van der Waals surface area contributed by atoms with Crippen molar-refractivity contribution in [2.75, 3.05) is 0 Å². The molecule has 3 aromatic rings. The first-order valence-corrected chi connectivity index (χ1v) is 9.48. The van der Waals surface area contributed by atoms with Crippen LogP contribution in [0.2, 0.25) is 5.02 Å². The molecular weight excluding hydrogens is 364 g/mol. The number of benzene rings is 3. The van der Waals surface area contributed by atoms with Gasteiger partial charge in [-0.1, -0.05) is 54.8 Å². The molecular formula is C22H19ClO4. The molecule has 2 unspecified atom stereocenters. The minimum absolute atomic E-state index is 0.449. The van der Waals surface area contributed by atoms with Gasteiger partial charge in [0.25, 0.3) is 0 Å². The van der Waals surface area contributed by atoms with Gasteiger partial charge in [-0.05, 0) is 41.8 Å². The third-order valence-electron chi connectivity index (χ3n) is 5.36. The largest absolute Gasteiger partial charge is 0.481 e. The average molecular weight is 383 g/mol. The van der Waals surface area contributed by atoms with Crippen LogP contribution in [0.3, 0.4) is 0 Å². The monoisotopic (exact) mass is 382 g/mol. The lowest BCUT2D eigenvalue weighted by Crippen LogP contribution is -2.35. The molecule has 5 heteroatoms. The molecule has 3 aromatic carbocycles. The highest BCUT2D eigenvalue weighted by Crippen LogP contribution is 2.38. The number of carboxylic acids is 1. The van der Waals surface area contributed by atoms with E-state index in [0.717, 1.165) is 34.4 Å². The van der Waals surface area contributed by atoms with Gasteiger partial charge in [0.05, 0.1) is 11.8 Å². The van der Waals surface area contributed by atoms with Crippen LogP contribution in [0.15, 0.2) is 48.5 Å². The average Bonchev–Trinajstić information content (AvgIpc) is 2.68. The van der Waals surface area contributed by atoms with E-state index >= 15 is 0 Å². The minimum Gasteiger partial charge on any atom is -0.481 e. The maximum atomic E-state index is 12.9. The number of ether oxygens (including phenoxy) is 1. The van der Waals surface area contributed by atoms with Gasteiger partial charge < -0.3 is 9.84 Å². The fourth-order valence-electron chi connectivity index (χ4n) is 3.99. The molecule has 1 aliphatic rings. The van der Waals surface area contributed by atoms with E-state index in [-0.39, 0.29) is 0 Å². The van der Waals surface area contributed by atoms with Crippen LogP contribution in [0.5, 0.6) is 5.75 Å². The number of aliphatic carboxylic acids is 1. The van der Waals surface area contributed by atoms with Gasteiger partial charge >= 0.3 is 11.9 Å². The lowest BCUT2D eigenvalue weighted by atomic mass is 9.79. The van der Waals surface area contributed by atoms with E-state index in [0.29, 0.717) is 23.6 Å². The van der Waals surface area contributed by atoms with Crippen molar-refractivity contribution in [3.05, 3.63) is 53.6 Å². The lowest BCUT2D eigenvalue weighted by Gasteiger charge is -2.27. The Balaban J connectivity index is 1.80. The molecule has 0 bridgehead atoms. The molecule has 0 saturated heterocycles. The van der Waals surface area contributed by atoms with Gasteiger partial charge in [0, 0.05) is 15.8 Å². The summed E-state index contributed by atoms with van der Waals surface area (Å²) in [5.74, 6) is -2.26. The standard InChI is InChI=1S/C22H19ClO4/c23-15-10-9-14-11-13-5-1-2-6-16(13)20(19(14)12-15)27-22(26)18-8-4-3-7-17(18)21(24)25/h1-2,5-6,9-12,17-18H,3-4,7-8H2,(H,24,25). The zero-order chi connectivity index (χ0) is 19.0. The molecule has 2 atom stereocenters. The summed E-state index contributed by atoms with van der Waals surface area (Å²) in [6.07, 6.45) is 2.72.